The van der Waals surface area contributed by atoms with E-state index in [1.165, 1.54) is 14.0 Å². The minimum absolute atomic E-state index is 0.571. The van der Waals surface area contributed by atoms with Gasteiger partial charge < -0.3 is 0 Å². The average molecular weight is 238 g/mol. The molecule has 0 spiro atoms. The van der Waals surface area contributed by atoms with Crippen molar-refractivity contribution in [3.8, 4) is 6.07 Å². The summed E-state index contributed by atoms with van der Waals surface area (Å²) in [5, 5.41) is 7.62. The zero-order valence-corrected chi connectivity index (χ0v) is 10.3. The number of hydrogen-bond acceptors (Lipinski definition) is 3. The molecule has 0 heterocycles. The molecule has 0 aromatic heterocycles. The molecule has 1 unspecified atom stereocenters. The van der Waals surface area contributed by atoms with E-state index >= 15 is 0 Å². The highest BCUT2D eigenvalue weighted by molar-refractivity contribution is 7.93. The van der Waals surface area contributed by atoms with Crippen molar-refractivity contribution in [2.45, 2.75) is 19.1 Å². The molecule has 0 aliphatic rings. The van der Waals surface area contributed by atoms with E-state index in [4.69, 9.17) is 5.26 Å². The lowest BCUT2D eigenvalue weighted by molar-refractivity contribution is 0.590. The van der Waals surface area contributed by atoms with E-state index in [1.54, 1.807) is 24.3 Å². The Kier molecular flexibility index (Phi) is 3.55. The normalized spacial score (nSPS) is 12.9. The Hall–Kier alpha value is -1.54. The Bertz CT molecular complexity index is 517. The zero-order valence-electron chi connectivity index (χ0n) is 9.51. The molecular formula is C11H14N2O2S. The van der Waals surface area contributed by atoms with Crippen LogP contribution in [0.25, 0.3) is 0 Å². The van der Waals surface area contributed by atoms with E-state index in [0.29, 0.717) is 5.69 Å². The minimum Gasteiger partial charge on any atom is -0.272 e. The molecule has 86 valence electrons. The van der Waals surface area contributed by atoms with Gasteiger partial charge in [0.1, 0.15) is 0 Å². The Morgan fingerprint density at radius 3 is 2.56 bits per heavy atom. The predicted molar refractivity (Wildman–Crippen MR) is 63.6 cm³/mol. The second-order valence-electron chi connectivity index (χ2n) is 3.62. The van der Waals surface area contributed by atoms with E-state index in [9.17, 15) is 8.42 Å². The fraction of sp³-hybridized carbons (Fsp3) is 0.364. The molecule has 0 N–H and O–H groups in total. The van der Waals surface area contributed by atoms with Gasteiger partial charge in [-0.05, 0) is 31.5 Å². The smallest absolute Gasteiger partial charge is 0.251 e. The van der Waals surface area contributed by atoms with E-state index in [2.05, 4.69) is 0 Å². The van der Waals surface area contributed by atoms with Gasteiger partial charge in [0.15, 0.2) is 5.25 Å². The highest BCUT2D eigenvalue weighted by Crippen LogP contribution is 2.19. The van der Waals surface area contributed by atoms with Gasteiger partial charge in [0.2, 0.25) is 0 Å². The van der Waals surface area contributed by atoms with Gasteiger partial charge in [-0.1, -0.05) is 12.1 Å². The Balaban J connectivity index is 3.13. The fourth-order valence-corrected chi connectivity index (χ4v) is 2.29. The quantitative estimate of drug-likeness (QED) is 0.804. The van der Waals surface area contributed by atoms with Crippen LogP contribution in [-0.2, 0) is 10.0 Å². The van der Waals surface area contributed by atoms with Crippen LogP contribution in [0.5, 0.6) is 0 Å². The van der Waals surface area contributed by atoms with Crippen LogP contribution in [0.2, 0.25) is 0 Å². The van der Waals surface area contributed by atoms with Gasteiger partial charge in [-0.3, -0.25) is 4.31 Å². The number of sulfonamides is 1. The number of anilines is 1. The van der Waals surface area contributed by atoms with Crippen LogP contribution in [0.3, 0.4) is 0 Å². The molecule has 1 aromatic carbocycles. The third-order valence-electron chi connectivity index (χ3n) is 2.38. The molecule has 0 amide bonds. The maximum Gasteiger partial charge on any atom is 0.251 e. The largest absolute Gasteiger partial charge is 0.272 e. The van der Waals surface area contributed by atoms with E-state index < -0.39 is 15.3 Å². The number of hydrogen-bond donors (Lipinski definition) is 0. The average Bonchev–Trinajstić information content (AvgIpc) is 2.26. The van der Waals surface area contributed by atoms with Gasteiger partial charge >= 0.3 is 0 Å². The first-order valence-electron chi connectivity index (χ1n) is 4.83. The van der Waals surface area contributed by atoms with Gasteiger partial charge in [0, 0.05) is 7.05 Å². The van der Waals surface area contributed by atoms with E-state index in [1.807, 2.05) is 13.0 Å². The molecule has 5 heteroatoms. The van der Waals surface area contributed by atoms with Crippen molar-refractivity contribution in [2.75, 3.05) is 11.4 Å². The molecule has 16 heavy (non-hydrogen) atoms. The molecular weight excluding hydrogens is 224 g/mol. The van der Waals surface area contributed by atoms with Crippen LogP contribution in [0, 0.1) is 18.3 Å². The van der Waals surface area contributed by atoms with Gasteiger partial charge in [-0.25, -0.2) is 8.42 Å². The third kappa shape index (κ3) is 2.34. The number of aryl methyl sites for hydroxylation is 1. The molecule has 1 atom stereocenters. The molecule has 0 bridgehead atoms. The lowest BCUT2D eigenvalue weighted by atomic mass is 10.2. The number of rotatable bonds is 3. The topological polar surface area (TPSA) is 61.2 Å². The van der Waals surface area contributed by atoms with Gasteiger partial charge in [0.05, 0.1) is 11.8 Å². The van der Waals surface area contributed by atoms with Crippen molar-refractivity contribution in [1.82, 2.24) is 0 Å². The van der Waals surface area contributed by atoms with Gasteiger partial charge in [-0.2, -0.15) is 5.26 Å². The van der Waals surface area contributed by atoms with E-state index in [0.717, 1.165) is 9.87 Å². The summed E-state index contributed by atoms with van der Waals surface area (Å²) in [5.41, 5.74) is 1.55. The molecule has 0 aliphatic heterocycles. The summed E-state index contributed by atoms with van der Waals surface area (Å²) in [6, 6.07) is 8.88. The second-order valence-corrected chi connectivity index (χ2v) is 5.91. The molecule has 0 aliphatic carbocycles. The maximum atomic E-state index is 11.9. The van der Waals surface area contributed by atoms with Crippen molar-refractivity contribution in [3.63, 3.8) is 0 Å². The van der Waals surface area contributed by atoms with Crippen molar-refractivity contribution in [3.05, 3.63) is 29.8 Å². The van der Waals surface area contributed by atoms with Crippen molar-refractivity contribution < 1.29 is 8.42 Å². The summed E-state index contributed by atoms with van der Waals surface area (Å²) < 4.78 is 24.9. The lowest BCUT2D eigenvalue weighted by Gasteiger charge is -2.20. The summed E-state index contributed by atoms with van der Waals surface area (Å²) in [4.78, 5) is 0. The van der Waals surface area contributed by atoms with Gasteiger partial charge in [0.25, 0.3) is 10.0 Å². The van der Waals surface area contributed by atoms with Gasteiger partial charge in [-0.15, -0.1) is 0 Å². The van der Waals surface area contributed by atoms with Crippen LogP contribution >= 0.6 is 0 Å². The van der Waals surface area contributed by atoms with Crippen LogP contribution in [-0.4, -0.2) is 20.7 Å². The maximum absolute atomic E-state index is 11.9. The number of nitriles is 1. The molecule has 0 radical (unpaired) electrons. The monoisotopic (exact) mass is 238 g/mol. The molecule has 0 fully saturated rings. The Labute approximate surface area is 96.2 Å². The summed E-state index contributed by atoms with van der Waals surface area (Å²) in [5.74, 6) is 0. The van der Waals surface area contributed by atoms with Crippen molar-refractivity contribution in [2.24, 2.45) is 0 Å². The number of nitrogens with zero attached hydrogens (tertiary/aromatic N) is 2. The summed E-state index contributed by atoms with van der Waals surface area (Å²) in [6.07, 6.45) is 0. The Morgan fingerprint density at radius 2 is 2.06 bits per heavy atom. The molecule has 1 aromatic rings. The van der Waals surface area contributed by atoms with Crippen molar-refractivity contribution in [1.29, 1.82) is 5.26 Å². The number of benzene rings is 1. The predicted octanol–water partition coefficient (Wildman–Crippen LogP) is 1.67. The summed E-state index contributed by atoms with van der Waals surface area (Å²) in [6.45, 7) is 3.26. The molecule has 0 saturated heterocycles. The third-order valence-corrected chi connectivity index (χ3v) is 4.35. The first-order chi connectivity index (χ1) is 7.39. The zero-order chi connectivity index (χ0) is 12.3. The first kappa shape index (κ1) is 12.5. The molecule has 4 nitrogen and oxygen atoms in total. The second kappa shape index (κ2) is 4.54. The van der Waals surface area contributed by atoms with Crippen LogP contribution in [0.4, 0.5) is 5.69 Å². The Morgan fingerprint density at radius 1 is 1.44 bits per heavy atom. The summed E-state index contributed by atoms with van der Waals surface area (Å²) in [7, 11) is -2.13. The highest BCUT2D eigenvalue weighted by atomic mass is 32.2. The van der Waals surface area contributed by atoms with Crippen LogP contribution in [0.1, 0.15) is 12.5 Å². The summed E-state index contributed by atoms with van der Waals surface area (Å²) >= 11 is 0. The van der Waals surface area contributed by atoms with Crippen LogP contribution in [0.15, 0.2) is 24.3 Å². The molecule has 0 saturated carbocycles. The lowest BCUT2D eigenvalue weighted by Crippen LogP contribution is -2.33. The highest BCUT2D eigenvalue weighted by Gasteiger charge is 2.25. The minimum atomic E-state index is -3.59. The first-order valence-corrected chi connectivity index (χ1v) is 6.34. The molecule has 1 rings (SSSR count). The van der Waals surface area contributed by atoms with E-state index in [-0.39, 0.29) is 0 Å². The van der Waals surface area contributed by atoms with Crippen LogP contribution < -0.4 is 4.31 Å². The fourth-order valence-electron chi connectivity index (χ4n) is 1.27. The van der Waals surface area contributed by atoms with Crippen molar-refractivity contribution >= 4 is 15.7 Å². The SMILES string of the molecule is Cc1cccc(N(C)S(=O)(=O)C(C)C#N)c1. The standard InChI is InChI=1S/C11H14N2O2S/c1-9-5-4-6-11(7-9)13(3)16(14,15)10(2)8-12/h4-7,10H,1-3H3.